The Bertz CT molecular complexity index is 1100. The quantitative estimate of drug-likeness (QED) is 0.415. The highest BCUT2D eigenvalue weighted by Crippen LogP contribution is 2.20. The zero-order valence-corrected chi connectivity index (χ0v) is 21.0. The van der Waals surface area contributed by atoms with E-state index in [0.29, 0.717) is 13.2 Å². The first-order chi connectivity index (χ1) is 16.1. The summed E-state index contributed by atoms with van der Waals surface area (Å²) in [6, 6.07) is 14.7. The van der Waals surface area contributed by atoms with Crippen LogP contribution in [0.2, 0.25) is 0 Å². The van der Waals surface area contributed by atoms with Crippen molar-refractivity contribution in [1.29, 1.82) is 0 Å². The molecule has 0 bridgehead atoms. The third-order valence-electron chi connectivity index (χ3n) is 5.26. The van der Waals surface area contributed by atoms with Crippen LogP contribution < -0.4 is 0 Å². The Balaban J connectivity index is 1.65. The Kier molecular flexibility index (Phi) is 8.36. The molecule has 0 aromatic heterocycles. The van der Waals surface area contributed by atoms with E-state index in [0.717, 1.165) is 17.7 Å². The van der Waals surface area contributed by atoms with E-state index in [1.807, 2.05) is 56.3 Å². The van der Waals surface area contributed by atoms with Crippen LogP contribution >= 0.6 is 0 Å². The number of nitrogens with zero attached hydrogens (tertiary/aromatic N) is 2. The fraction of sp³-hybridized carbons (Fsp3) is 0.333. The first-order valence-corrected chi connectivity index (χ1v) is 12.7. The zero-order chi connectivity index (χ0) is 24.8. The van der Waals surface area contributed by atoms with Gasteiger partial charge in [-0.15, -0.1) is 0 Å². The van der Waals surface area contributed by atoms with Gasteiger partial charge in [-0.1, -0.05) is 61.7 Å². The lowest BCUT2D eigenvalue weighted by atomic mass is 10.1. The van der Waals surface area contributed by atoms with E-state index in [9.17, 15) is 8.42 Å². The average Bonchev–Trinajstić information content (AvgIpc) is 3.24. The van der Waals surface area contributed by atoms with E-state index in [4.69, 9.17) is 8.92 Å². The van der Waals surface area contributed by atoms with Crippen LogP contribution in [0.15, 0.2) is 79.0 Å². The molecule has 0 saturated heterocycles. The summed E-state index contributed by atoms with van der Waals surface area (Å²) in [6.45, 7) is 15.2. The van der Waals surface area contributed by atoms with Crippen LogP contribution in [0.5, 0.6) is 0 Å². The summed E-state index contributed by atoms with van der Waals surface area (Å²) in [5.74, 6) is 0. The highest BCUT2D eigenvalue weighted by molar-refractivity contribution is 7.86. The molecule has 0 radical (unpaired) electrons. The number of ether oxygens (including phenoxy) is 1. The van der Waals surface area contributed by atoms with Gasteiger partial charge in [0.1, 0.15) is 6.10 Å². The highest BCUT2D eigenvalue weighted by atomic mass is 32.2. The van der Waals surface area contributed by atoms with Gasteiger partial charge in [0.25, 0.3) is 10.1 Å². The fourth-order valence-corrected chi connectivity index (χ4v) is 4.51. The van der Waals surface area contributed by atoms with Crippen LogP contribution in [0.4, 0.5) is 0 Å². The molecule has 2 aromatic rings. The molecule has 34 heavy (non-hydrogen) atoms. The first-order valence-electron chi connectivity index (χ1n) is 11.3. The van der Waals surface area contributed by atoms with Gasteiger partial charge in [0.2, 0.25) is 0 Å². The van der Waals surface area contributed by atoms with Crippen LogP contribution in [0.1, 0.15) is 37.5 Å². The van der Waals surface area contributed by atoms with Crippen molar-refractivity contribution in [2.75, 3.05) is 19.8 Å². The third-order valence-corrected chi connectivity index (χ3v) is 6.64. The van der Waals surface area contributed by atoms with Crippen molar-refractivity contribution in [3.8, 4) is 0 Å². The molecule has 1 aliphatic rings. The van der Waals surface area contributed by atoms with Gasteiger partial charge in [-0.3, -0.25) is 4.18 Å². The van der Waals surface area contributed by atoms with Gasteiger partial charge < -0.3 is 14.5 Å². The lowest BCUT2D eigenvalue weighted by molar-refractivity contribution is -0.0456. The summed E-state index contributed by atoms with van der Waals surface area (Å²) >= 11 is 0. The molecular weight excluding hydrogens is 448 g/mol. The molecule has 0 saturated carbocycles. The van der Waals surface area contributed by atoms with Crippen LogP contribution in [0.3, 0.4) is 0 Å². The second kappa shape index (κ2) is 11.0. The molecule has 0 spiro atoms. The predicted molar refractivity (Wildman–Crippen MR) is 137 cm³/mol. The summed E-state index contributed by atoms with van der Waals surface area (Å²) in [5.41, 5.74) is 2.70. The van der Waals surface area contributed by atoms with Crippen LogP contribution in [0, 0.1) is 0 Å². The molecule has 182 valence electrons. The molecular formula is C27H34N2O4S. The van der Waals surface area contributed by atoms with Crippen molar-refractivity contribution < 1.29 is 17.3 Å². The molecule has 0 fully saturated rings. The summed E-state index contributed by atoms with van der Waals surface area (Å²) in [6.07, 6.45) is 6.78. The van der Waals surface area contributed by atoms with Crippen molar-refractivity contribution in [2.24, 2.45) is 0 Å². The molecule has 0 amide bonds. The van der Waals surface area contributed by atoms with E-state index >= 15 is 0 Å². The zero-order valence-electron chi connectivity index (χ0n) is 20.2. The average molecular weight is 483 g/mol. The Morgan fingerprint density at radius 3 is 2.06 bits per heavy atom. The largest absolute Gasteiger partial charge is 0.373 e. The number of hydrogen-bond donors (Lipinski definition) is 0. The maximum absolute atomic E-state index is 12.9. The van der Waals surface area contributed by atoms with Crippen molar-refractivity contribution in [2.45, 2.75) is 43.9 Å². The molecule has 0 aliphatic carbocycles. The number of rotatable bonds is 11. The molecule has 1 unspecified atom stereocenters. The van der Waals surface area contributed by atoms with Gasteiger partial charge in [0.05, 0.1) is 23.8 Å². The van der Waals surface area contributed by atoms with Crippen molar-refractivity contribution in [3.05, 3.63) is 90.8 Å². The normalized spacial score (nSPS) is 14.9. The van der Waals surface area contributed by atoms with E-state index in [2.05, 4.69) is 30.2 Å². The molecule has 3 rings (SSSR count). The van der Waals surface area contributed by atoms with Gasteiger partial charge >= 0.3 is 0 Å². The molecule has 1 heterocycles. The maximum atomic E-state index is 12.9. The summed E-state index contributed by atoms with van der Waals surface area (Å²) in [4.78, 5) is 4.30. The molecule has 1 aliphatic heterocycles. The van der Waals surface area contributed by atoms with Crippen LogP contribution in [-0.4, -0.2) is 49.7 Å². The minimum Gasteiger partial charge on any atom is -0.373 e. The van der Waals surface area contributed by atoms with E-state index in [-0.39, 0.29) is 11.5 Å². The molecule has 1 atom stereocenters. The van der Waals surface area contributed by atoms with Crippen LogP contribution in [0.25, 0.3) is 12.2 Å². The SMILES string of the molecule is C=Cc1ccc(CN2C=CN(CC(COC(C)(C)C)OS(=O)(=O)c3ccc(C=C)cc3)C2)cc1. The van der Waals surface area contributed by atoms with Gasteiger partial charge in [0, 0.05) is 25.5 Å². The summed E-state index contributed by atoms with van der Waals surface area (Å²) in [7, 11) is -3.95. The molecule has 2 aromatic carbocycles. The second-order valence-corrected chi connectivity index (χ2v) is 10.8. The molecule has 6 nitrogen and oxygen atoms in total. The Morgan fingerprint density at radius 1 is 0.941 bits per heavy atom. The Hall–Kier alpha value is -2.87. The van der Waals surface area contributed by atoms with Gasteiger partial charge in [-0.25, -0.2) is 0 Å². The third kappa shape index (κ3) is 7.58. The molecule has 7 heteroatoms. The number of benzene rings is 2. The summed E-state index contributed by atoms with van der Waals surface area (Å²) in [5, 5.41) is 0. The van der Waals surface area contributed by atoms with E-state index in [1.54, 1.807) is 18.2 Å². The van der Waals surface area contributed by atoms with Crippen molar-refractivity contribution in [1.82, 2.24) is 9.80 Å². The summed E-state index contributed by atoms with van der Waals surface area (Å²) < 4.78 is 37.4. The lowest BCUT2D eigenvalue weighted by Gasteiger charge is -2.28. The van der Waals surface area contributed by atoms with Gasteiger partial charge in [-0.05, 0) is 49.6 Å². The second-order valence-electron chi connectivity index (χ2n) is 9.27. The Labute approximate surface area is 203 Å². The first kappa shape index (κ1) is 25.7. The predicted octanol–water partition coefficient (Wildman–Crippen LogP) is 5.11. The minimum absolute atomic E-state index is 0.112. The lowest BCUT2D eigenvalue weighted by Crippen LogP contribution is -2.38. The number of hydrogen-bond acceptors (Lipinski definition) is 6. The molecule has 0 N–H and O–H groups in total. The fourth-order valence-electron chi connectivity index (χ4n) is 3.45. The van der Waals surface area contributed by atoms with Crippen molar-refractivity contribution >= 4 is 22.3 Å². The monoisotopic (exact) mass is 482 g/mol. The standard InChI is InChI=1S/C27H34N2O4S/c1-6-22-8-10-24(11-9-22)18-28-16-17-29(21-28)19-25(20-32-27(3,4)5)33-34(30,31)26-14-12-23(7-2)13-15-26/h6-17,25H,1-2,18-21H2,3-5H3. The highest BCUT2D eigenvalue weighted by Gasteiger charge is 2.27. The van der Waals surface area contributed by atoms with E-state index in [1.165, 1.54) is 17.7 Å². The van der Waals surface area contributed by atoms with E-state index < -0.39 is 21.8 Å². The smallest absolute Gasteiger partial charge is 0.297 e. The topological polar surface area (TPSA) is 59.1 Å². The maximum Gasteiger partial charge on any atom is 0.297 e. The van der Waals surface area contributed by atoms with Gasteiger partial charge in [-0.2, -0.15) is 8.42 Å². The minimum atomic E-state index is -3.95. The van der Waals surface area contributed by atoms with Gasteiger partial charge in [0.15, 0.2) is 0 Å². The van der Waals surface area contributed by atoms with Crippen molar-refractivity contribution in [3.63, 3.8) is 0 Å². The van der Waals surface area contributed by atoms with Crippen LogP contribution in [-0.2, 0) is 25.6 Å². The Morgan fingerprint density at radius 2 is 1.50 bits per heavy atom.